The second kappa shape index (κ2) is 28.2. The Morgan fingerprint density at radius 1 is 0.550 bits per heavy atom. The summed E-state index contributed by atoms with van der Waals surface area (Å²) in [5.74, 6) is -0.884. The maximum absolute atomic E-state index is 12.3. The van der Waals surface area contributed by atoms with Crippen LogP contribution in [0.25, 0.3) is 0 Å². The van der Waals surface area contributed by atoms with Gasteiger partial charge in [-0.15, -0.1) is 0 Å². The van der Waals surface area contributed by atoms with E-state index >= 15 is 0 Å². The topological polar surface area (TPSA) is 119 Å². The molecule has 2 N–H and O–H groups in total. The molecule has 8 nitrogen and oxygen atoms in total. The highest BCUT2D eigenvalue weighted by Crippen LogP contribution is 2.35. The largest absolute Gasteiger partial charge is 0.469 e. The fourth-order valence-corrected chi connectivity index (χ4v) is 5.03. The van der Waals surface area contributed by atoms with Gasteiger partial charge in [-0.05, 0) is 12.8 Å². The van der Waals surface area contributed by atoms with Crippen molar-refractivity contribution in [3.63, 3.8) is 0 Å². The molecule has 0 aromatic heterocycles. The smallest absolute Gasteiger partial charge is 0.462 e. The van der Waals surface area contributed by atoms with E-state index in [2.05, 4.69) is 18.4 Å². The van der Waals surface area contributed by atoms with Gasteiger partial charge >= 0.3 is 19.8 Å². The van der Waals surface area contributed by atoms with Gasteiger partial charge in [0.05, 0.1) is 6.61 Å². The molecule has 40 heavy (non-hydrogen) atoms. The molecule has 0 aliphatic rings. The van der Waals surface area contributed by atoms with Crippen LogP contribution in [0.2, 0.25) is 0 Å². The molecule has 0 bridgehead atoms. The second-order valence-corrected chi connectivity index (χ2v) is 12.4. The molecule has 0 aromatic rings. The highest BCUT2D eigenvalue weighted by Gasteiger charge is 2.22. The number of hydrogen-bond donors (Lipinski definition) is 2. The molecule has 0 aliphatic heterocycles. The van der Waals surface area contributed by atoms with Crippen LogP contribution in [0.3, 0.4) is 0 Å². The molecule has 0 amide bonds. The van der Waals surface area contributed by atoms with Crippen molar-refractivity contribution in [2.75, 3.05) is 13.2 Å². The quantitative estimate of drug-likeness (QED) is 0.0482. The van der Waals surface area contributed by atoms with Crippen LogP contribution in [0.4, 0.5) is 0 Å². The van der Waals surface area contributed by atoms with Crippen LogP contribution in [-0.2, 0) is 28.2 Å². The van der Waals surface area contributed by atoms with Gasteiger partial charge in [-0.2, -0.15) is 0 Å². The minimum Gasteiger partial charge on any atom is -0.462 e. The number of rotatable bonds is 30. The molecule has 0 saturated carbocycles. The predicted molar refractivity (Wildman–Crippen MR) is 161 cm³/mol. The molecule has 0 rings (SSSR count). The summed E-state index contributed by atoms with van der Waals surface area (Å²) in [7, 11) is -4.73. The van der Waals surface area contributed by atoms with Gasteiger partial charge in [-0.1, -0.05) is 142 Å². The SMILES string of the molecule is CCCCCCCCCCCCCCCCCC(=O)O[C@H](COC(=O)CCCCCCCCC)COP(=O)(O)O. The highest BCUT2D eigenvalue weighted by molar-refractivity contribution is 7.46. The van der Waals surface area contributed by atoms with Gasteiger partial charge in [-0.25, -0.2) is 4.57 Å². The molecule has 0 aromatic carbocycles. The number of ether oxygens (including phenoxy) is 2. The average Bonchev–Trinajstić information content (AvgIpc) is 2.91. The van der Waals surface area contributed by atoms with Gasteiger partial charge < -0.3 is 19.3 Å². The van der Waals surface area contributed by atoms with Crippen LogP contribution in [0.15, 0.2) is 0 Å². The Morgan fingerprint density at radius 2 is 0.900 bits per heavy atom. The lowest BCUT2D eigenvalue weighted by Crippen LogP contribution is -2.29. The molecule has 9 heteroatoms. The molecular weight excluding hydrogens is 531 g/mol. The summed E-state index contributed by atoms with van der Waals surface area (Å²) in [5, 5.41) is 0. The summed E-state index contributed by atoms with van der Waals surface area (Å²) in [6.07, 6.45) is 25.6. The first-order valence-corrected chi connectivity index (χ1v) is 17.9. The first-order valence-electron chi connectivity index (χ1n) is 16.3. The molecule has 0 unspecified atom stereocenters. The zero-order chi connectivity index (χ0) is 29.7. The molecule has 1 atom stereocenters. The van der Waals surface area contributed by atoms with E-state index in [9.17, 15) is 14.2 Å². The van der Waals surface area contributed by atoms with Crippen molar-refractivity contribution < 1.29 is 37.9 Å². The Bertz CT molecular complexity index is 637. The van der Waals surface area contributed by atoms with Crippen LogP contribution < -0.4 is 0 Å². The standard InChI is InChI=1S/C31H61O8P/c1-3-5-7-9-11-12-13-14-15-16-17-18-20-22-24-26-31(33)39-29(28-38-40(34,35)36)27-37-30(32)25-23-21-19-10-8-6-4-2/h29H,3-28H2,1-2H3,(H2,34,35,36)/t29-/m1/s1. The van der Waals surface area contributed by atoms with Crippen molar-refractivity contribution in [1.82, 2.24) is 0 Å². The summed E-state index contributed by atoms with van der Waals surface area (Å²) in [4.78, 5) is 42.3. The third kappa shape index (κ3) is 30.0. The summed E-state index contributed by atoms with van der Waals surface area (Å²) in [6, 6.07) is 0. The average molecular weight is 593 g/mol. The Balaban J connectivity index is 3.94. The van der Waals surface area contributed by atoms with Gasteiger partial charge in [0.1, 0.15) is 6.61 Å². The first-order chi connectivity index (χ1) is 19.3. The van der Waals surface area contributed by atoms with E-state index in [0.717, 1.165) is 32.1 Å². The Labute approximate surface area is 244 Å². The van der Waals surface area contributed by atoms with Crippen LogP contribution in [0.5, 0.6) is 0 Å². The van der Waals surface area contributed by atoms with E-state index in [-0.39, 0.29) is 19.4 Å². The lowest BCUT2D eigenvalue weighted by Gasteiger charge is -2.18. The van der Waals surface area contributed by atoms with Gasteiger partial charge in [0, 0.05) is 12.8 Å². The third-order valence-electron chi connectivity index (χ3n) is 7.13. The maximum Gasteiger partial charge on any atom is 0.469 e. The number of phosphoric acid groups is 1. The third-order valence-corrected chi connectivity index (χ3v) is 7.61. The minimum atomic E-state index is -4.73. The van der Waals surface area contributed by atoms with Crippen LogP contribution in [0, 0.1) is 0 Å². The van der Waals surface area contributed by atoms with Crippen molar-refractivity contribution in [3.8, 4) is 0 Å². The summed E-state index contributed by atoms with van der Waals surface area (Å²) in [6.45, 7) is 3.62. The van der Waals surface area contributed by atoms with Crippen molar-refractivity contribution in [2.24, 2.45) is 0 Å². The number of phosphoric ester groups is 1. The lowest BCUT2D eigenvalue weighted by molar-refractivity contribution is -0.161. The van der Waals surface area contributed by atoms with E-state index in [1.54, 1.807) is 0 Å². The molecule has 0 saturated heterocycles. The van der Waals surface area contributed by atoms with Crippen molar-refractivity contribution in [2.45, 2.75) is 174 Å². The van der Waals surface area contributed by atoms with Crippen molar-refractivity contribution in [3.05, 3.63) is 0 Å². The molecule has 0 spiro atoms. The molecule has 0 aliphatic carbocycles. The molecule has 238 valence electrons. The van der Waals surface area contributed by atoms with E-state index in [1.807, 2.05) is 0 Å². The fraction of sp³-hybridized carbons (Fsp3) is 0.935. The minimum absolute atomic E-state index is 0.219. The fourth-order valence-electron chi connectivity index (χ4n) is 4.67. The number of unbranched alkanes of at least 4 members (excludes halogenated alkanes) is 20. The summed E-state index contributed by atoms with van der Waals surface area (Å²) in [5.41, 5.74) is 0. The lowest BCUT2D eigenvalue weighted by atomic mass is 10.0. The molecule has 0 fully saturated rings. The zero-order valence-electron chi connectivity index (χ0n) is 25.8. The van der Waals surface area contributed by atoms with E-state index < -0.39 is 32.5 Å². The number of carbonyl (C=O) groups is 2. The van der Waals surface area contributed by atoms with Crippen molar-refractivity contribution in [1.29, 1.82) is 0 Å². The Morgan fingerprint density at radius 3 is 1.27 bits per heavy atom. The van der Waals surface area contributed by atoms with Crippen LogP contribution in [-0.4, -0.2) is 41.0 Å². The number of esters is 2. The van der Waals surface area contributed by atoms with Crippen LogP contribution in [0.1, 0.15) is 168 Å². The van der Waals surface area contributed by atoms with Gasteiger partial charge in [-0.3, -0.25) is 14.1 Å². The second-order valence-electron chi connectivity index (χ2n) is 11.2. The van der Waals surface area contributed by atoms with E-state index in [0.29, 0.717) is 6.42 Å². The molecule has 0 radical (unpaired) electrons. The maximum atomic E-state index is 12.3. The molecular formula is C31H61O8P. The zero-order valence-corrected chi connectivity index (χ0v) is 26.6. The van der Waals surface area contributed by atoms with Crippen LogP contribution >= 0.6 is 7.82 Å². The van der Waals surface area contributed by atoms with Gasteiger partial charge in [0.25, 0.3) is 0 Å². The first kappa shape index (κ1) is 39.0. The summed E-state index contributed by atoms with van der Waals surface area (Å²) >= 11 is 0. The predicted octanol–water partition coefficient (Wildman–Crippen LogP) is 8.95. The Hall–Kier alpha value is -0.950. The monoisotopic (exact) mass is 592 g/mol. The van der Waals surface area contributed by atoms with Gasteiger partial charge in [0.15, 0.2) is 6.10 Å². The van der Waals surface area contributed by atoms with E-state index in [4.69, 9.17) is 19.3 Å². The number of carbonyl (C=O) groups excluding carboxylic acids is 2. The van der Waals surface area contributed by atoms with Crippen molar-refractivity contribution >= 4 is 19.8 Å². The normalized spacial score (nSPS) is 12.4. The summed E-state index contributed by atoms with van der Waals surface area (Å²) < 4.78 is 26.1. The van der Waals surface area contributed by atoms with E-state index in [1.165, 1.54) is 103 Å². The number of hydrogen-bond acceptors (Lipinski definition) is 6. The molecule has 0 heterocycles. The Kier molecular flexibility index (Phi) is 27.5. The van der Waals surface area contributed by atoms with Gasteiger partial charge in [0.2, 0.25) is 0 Å². The highest BCUT2D eigenvalue weighted by atomic mass is 31.2.